The van der Waals surface area contributed by atoms with Crippen LogP contribution in [-0.4, -0.2) is 42.7 Å². The fraction of sp³-hybridized carbons (Fsp3) is 0.375. The highest BCUT2D eigenvalue weighted by Gasteiger charge is 2.22. The minimum Gasteiger partial charge on any atom is -0.362 e. The van der Waals surface area contributed by atoms with Crippen molar-refractivity contribution in [1.29, 1.82) is 0 Å². The molecule has 0 bridgehead atoms. The first-order chi connectivity index (χ1) is 15.5. The number of amides is 2. The normalized spacial score (nSPS) is 18.2. The molecule has 0 saturated heterocycles. The topological polar surface area (TPSA) is 82.2 Å². The molecule has 8 heteroatoms. The molecule has 32 heavy (non-hydrogen) atoms. The van der Waals surface area contributed by atoms with Gasteiger partial charge in [0.2, 0.25) is 5.95 Å². The van der Waals surface area contributed by atoms with E-state index in [1.807, 2.05) is 49.3 Å². The van der Waals surface area contributed by atoms with Crippen LogP contribution in [0.4, 0.5) is 22.2 Å². The number of fused-ring (bicyclic) bond motifs is 1. The summed E-state index contributed by atoms with van der Waals surface area (Å²) in [5.41, 5.74) is 1.63. The number of nitrogens with one attached hydrogen (secondary N) is 3. The van der Waals surface area contributed by atoms with Crippen LogP contribution in [0.25, 0.3) is 10.9 Å². The Kier molecular flexibility index (Phi) is 6.95. The third-order valence-electron chi connectivity index (χ3n) is 5.82. The minimum atomic E-state index is -0.201. The summed E-state index contributed by atoms with van der Waals surface area (Å²) in [6, 6.07) is 15.4. The predicted molar refractivity (Wildman–Crippen MR) is 132 cm³/mol. The number of halogens is 1. The smallest absolute Gasteiger partial charge is 0.319 e. The summed E-state index contributed by atoms with van der Waals surface area (Å²) >= 11 is 5.96. The second kappa shape index (κ2) is 10.0. The van der Waals surface area contributed by atoms with Gasteiger partial charge in [0.15, 0.2) is 0 Å². The van der Waals surface area contributed by atoms with Crippen molar-refractivity contribution in [3.8, 4) is 0 Å². The Morgan fingerprint density at radius 1 is 1.06 bits per heavy atom. The number of rotatable bonds is 6. The lowest BCUT2D eigenvalue weighted by molar-refractivity contribution is 0.246. The molecule has 0 aliphatic heterocycles. The molecule has 1 aromatic heterocycles. The Hall–Kier alpha value is -3.06. The van der Waals surface area contributed by atoms with E-state index < -0.39 is 0 Å². The summed E-state index contributed by atoms with van der Waals surface area (Å²) in [5.74, 6) is 2.06. The molecule has 1 heterocycles. The van der Waals surface area contributed by atoms with E-state index in [0.29, 0.717) is 35.2 Å². The van der Waals surface area contributed by atoms with E-state index in [1.54, 1.807) is 12.1 Å². The molecule has 2 aromatic carbocycles. The molecule has 0 atom stereocenters. The molecule has 0 spiro atoms. The van der Waals surface area contributed by atoms with E-state index in [-0.39, 0.29) is 6.03 Å². The van der Waals surface area contributed by atoms with Gasteiger partial charge in [-0.3, -0.25) is 0 Å². The Morgan fingerprint density at radius 3 is 2.59 bits per heavy atom. The molecule has 0 unspecified atom stereocenters. The monoisotopic (exact) mass is 452 g/mol. The Morgan fingerprint density at radius 2 is 1.84 bits per heavy atom. The third-order valence-corrected chi connectivity index (χ3v) is 6.06. The summed E-state index contributed by atoms with van der Waals surface area (Å²) in [6.07, 6.45) is 4.14. The number of benzene rings is 2. The number of carbonyl (C=O) groups excluding carboxylic acids is 1. The minimum absolute atomic E-state index is 0.201. The molecule has 168 valence electrons. The second-order valence-electron chi connectivity index (χ2n) is 8.49. The molecule has 7 nitrogen and oxygen atoms in total. The zero-order valence-electron chi connectivity index (χ0n) is 18.4. The number of nitrogens with zero attached hydrogens (tertiary/aromatic N) is 3. The Balaban J connectivity index is 1.27. The summed E-state index contributed by atoms with van der Waals surface area (Å²) in [4.78, 5) is 23.6. The van der Waals surface area contributed by atoms with Gasteiger partial charge in [0, 0.05) is 42.8 Å². The van der Waals surface area contributed by atoms with Crippen molar-refractivity contribution < 1.29 is 4.79 Å². The van der Waals surface area contributed by atoms with Crippen LogP contribution in [-0.2, 0) is 0 Å². The molecular formula is C24H29ClN6O. The standard InChI is InChI=1S/C24H29ClN6O/c1-31(2)22-20-8-3-4-9-21(20)29-23(30-22)27-18-12-10-16(11-13-18)15-26-24(32)28-19-7-5-6-17(25)14-19/h3-9,14,16,18H,10-13,15H2,1-2H3,(H2,26,28,32)(H,27,29,30)/t16-,18+. The number of anilines is 3. The number of hydrogen-bond donors (Lipinski definition) is 3. The first-order valence-electron chi connectivity index (χ1n) is 11.0. The van der Waals surface area contributed by atoms with Crippen LogP contribution in [0.1, 0.15) is 25.7 Å². The van der Waals surface area contributed by atoms with Crippen molar-refractivity contribution in [3.05, 3.63) is 53.6 Å². The van der Waals surface area contributed by atoms with Gasteiger partial charge in [0.1, 0.15) is 5.82 Å². The highest BCUT2D eigenvalue weighted by molar-refractivity contribution is 6.30. The summed E-state index contributed by atoms with van der Waals surface area (Å²) in [5, 5.41) is 11.0. The van der Waals surface area contributed by atoms with Crippen LogP contribution in [0.15, 0.2) is 48.5 Å². The molecule has 1 saturated carbocycles. The third kappa shape index (κ3) is 5.59. The lowest BCUT2D eigenvalue weighted by Gasteiger charge is -2.29. The molecule has 1 aliphatic carbocycles. The Bertz CT molecular complexity index is 1080. The molecule has 1 aliphatic rings. The van der Waals surface area contributed by atoms with E-state index in [9.17, 15) is 4.79 Å². The molecular weight excluding hydrogens is 424 g/mol. The molecule has 0 radical (unpaired) electrons. The van der Waals surface area contributed by atoms with Crippen LogP contribution < -0.4 is 20.9 Å². The van der Waals surface area contributed by atoms with E-state index in [4.69, 9.17) is 21.6 Å². The van der Waals surface area contributed by atoms with Gasteiger partial charge in [-0.05, 0) is 61.9 Å². The van der Waals surface area contributed by atoms with Gasteiger partial charge < -0.3 is 20.9 Å². The SMILES string of the molecule is CN(C)c1nc(N[C@H]2CC[C@@H](CNC(=O)Nc3cccc(Cl)c3)CC2)nc2ccccc12. The second-order valence-corrected chi connectivity index (χ2v) is 8.93. The van der Waals surface area contributed by atoms with E-state index >= 15 is 0 Å². The van der Waals surface area contributed by atoms with E-state index in [0.717, 1.165) is 42.4 Å². The first-order valence-corrected chi connectivity index (χ1v) is 11.4. The van der Waals surface area contributed by atoms with Gasteiger partial charge in [-0.15, -0.1) is 0 Å². The molecule has 1 fully saturated rings. The fourth-order valence-corrected chi connectivity index (χ4v) is 4.33. The summed E-state index contributed by atoms with van der Waals surface area (Å²) < 4.78 is 0. The number of para-hydroxylation sites is 1. The van der Waals surface area contributed by atoms with Crippen molar-refractivity contribution in [1.82, 2.24) is 15.3 Å². The summed E-state index contributed by atoms with van der Waals surface area (Å²) in [6.45, 7) is 0.663. The molecule has 3 N–H and O–H groups in total. The van der Waals surface area contributed by atoms with Gasteiger partial charge >= 0.3 is 6.03 Å². The highest BCUT2D eigenvalue weighted by Crippen LogP contribution is 2.28. The van der Waals surface area contributed by atoms with Crippen LogP contribution in [0.2, 0.25) is 5.02 Å². The number of carbonyl (C=O) groups is 1. The molecule has 3 aromatic rings. The van der Waals surface area contributed by atoms with Gasteiger partial charge in [-0.2, -0.15) is 4.98 Å². The van der Waals surface area contributed by atoms with Gasteiger partial charge in [0.05, 0.1) is 5.52 Å². The summed E-state index contributed by atoms with van der Waals surface area (Å²) in [7, 11) is 4.00. The van der Waals surface area contributed by atoms with Crippen molar-refractivity contribution in [3.63, 3.8) is 0 Å². The van der Waals surface area contributed by atoms with Crippen molar-refractivity contribution in [2.45, 2.75) is 31.7 Å². The van der Waals surface area contributed by atoms with E-state index in [1.165, 1.54) is 0 Å². The maximum Gasteiger partial charge on any atom is 0.319 e. The number of urea groups is 1. The van der Waals surface area contributed by atoms with Crippen LogP contribution >= 0.6 is 11.6 Å². The average Bonchev–Trinajstić information content (AvgIpc) is 2.78. The molecule has 2 amide bonds. The van der Waals surface area contributed by atoms with Gasteiger partial charge in [0.25, 0.3) is 0 Å². The van der Waals surface area contributed by atoms with Crippen molar-refractivity contribution in [2.24, 2.45) is 5.92 Å². The van der Waals surface area contributed by atoms with Gasteiger partial charge in [-0.25, -0.2) is 9.78 Å². The maximum atomic E-state index is 12.2. The average molecular weight is 453 g/mol. The largest absolute Gasteiger partial charge is 0.362 e. The van der Waals surface area contributed by atoms with Gasteiger partial charge in [-0.1, -0.05) is 29.8 Å². The van der Waals surface area contributed by atoms with E-state index in [2.05, 4.69) is 22.0 Å². The lowest BCUT2D eigenvalue weighted by atomic mass is 9.86. The molecule has 4 rings (SSSR count). The van der Waals surface area contributed by atoms with Crippen LogP contribution in [0.3, 0.4) is 0 Å². The quantitative estimate of drug-likeness (QED) is 0.482. The van der Waals surface area contributed by atoms with Crippen LogP contribution in [0, 0.1) is 5.92 Å². The van der Waals surface area contributed by atoms with Crippen molar-refractivity contribution >= 4 is 46.0 Å². The zero-order chi connectivity index (χ0) is 22.5. The fourth-order valence-electron chi connectivity index (χ4n) is 4.14. The van der Waals surface area contributed by atoms with Crippen LogP contribution in [0.5, 0.6) is 0 Å². The zero-order valence-corrected chi connectivity index (χ0v) is 19.2. The highest BCUT2D eigenvalue weighted by atomic mass is 35.5. The first kappa shape index (κ1) is 22.1. The Labute approximate surface area is 193 Å². The van der Waals surface area contributed by atoms with Crippen molar-refractivity contribution in [2.75, 3.05) is 36.2 Å². The maximum absolute atomic E-state index is 12.2. The lowest BCUT2D eigenvalue weighted by Crippen LogP contribution is -2.36. The predicted octanol–water partition coefficient (Wildman–Crippen LogP) is 5.14. The number of aromatic nitrogens is 2. The number of hydrogen-bond acceptors (Lipinski definition) is 5.